The molecule has 1 aliphatic rings. The van der Waals surface area contributed by atoms with Crippen molar-refractivity contribution in [1.29, 1.82) is 0 Å². The third-order valence-corrected chi connectivity index (χ3v) is 6.78. The van der Waals surface area contributed by atoms with Crippen molar-refractivity contribution in [2.24, 2.45) is 0 Å². The summed E-state index contributed by atoms with van der Waals surface area (Å²) in [5.74, 6) is -4.44. The highest BCUT2D eigenvalue weighted by Crippen LogP contribution is 2.39. The van der Waals surface area contributed by atoms with Crippen LogP contribution >= 0.6 is 0 Å². The van der Waals surface area contributed by atoms with Crippen molar-refractivity contribution in [1.82, 2.24) is 24.8 Å². The number of alkyl halides is 8. The molecule has 1 aromatic carbocycles. The monoisotopic (exact) mass is 612 g/mol. The third kappa shape index (κ3) is 5.66. The van der Waals surface area contributed by atoms with Gasteiger partial charge in [0.25, 0.3) is 5.91 Å². The SMILES string of the molecule is CC(O)(CC(=O)N1C[C@H](F)[C@H](NC(=O)c2cc(-c3cc(C(F)(F)F)c4c(N)ncnn34)cc(F)c2CF)C1)C(F)(F)F. The molecule has 0 saturated carbocycles. The van der Waals surface area contributed by atoms with Gasteiger partial charge in [0, 0.05) is 23.2 Å². The van der Waals surface area contributed by atoms with E-state index in [4.69, 9.17) is 5.73 Å². The van der Waals surface area contributed by atoms with Crippen molar-refractivity contribution in [3.05, 3.63) is 47.0 Å². The van der Waals surface area contributed by atoms with Gasteiger partial charge in [-0.1, -0.05) is 0 Å². The van der Waals surface area contributed by atoms with Crippen molar-refractivity contribution in [2.75, 3.05) is 18.8 Å². The zero-order valence-corrected chi connectivity index (χ0v) is 21.3. The maximum absolute atomic E-state index is 14.9. The fraction of sp³-hybridized carbons (Fsp3) is 0.417. The van der Waals surface area contributed by atoms with Gasteiger partial charge >= 0.3 is 12.4 Å². The van der Waals surface area contributed by atoms with Crippen LogP contribution in [0.3, 0.4) is 0 Å². The number of benzene rings is 1. The molecule has 2 aromatic heterocycles. The minimum Gasteiger partial charge on any atom is -0.382 e. The normalized spacial score (nSPS) is 19.3. The third-order valence-electron chi connectivity index (χ3n) is 6.78. The van der Waals surface area contributed by atoms with Gasteiger partial charge in [0.05, 0.1) is 30.3 Å². The number of hydrogen-bond acceptors (Lipinski definition) is 6. The molecule has 4 N–H and O–H groups in total. The molecule has 1 aliphatic heterocycles. The van der Waals surface area contributed by atoms with Gasteiger partial charge in [-0.3, -0.25) is 9.59 Å². The highest BCUT2D eigenvalue weighted by molar-refractivity contribution is 5.97. The van der Waals surface area contributed by atoms with Gasteiger partial charge < -0.3 is 21.1 Å². The van der Waals surface area contributed by atoms with Crippen molar-refractivity contribution < 1.29 is 54.2 Å². The molecule has 228 valence electrons. The summed E-state index contributed by atoms with van der Waals surface area (Å²) in [6.07, 6.45) is -12.7. The number of carbonyl (C=O) groups excluding carboxylic acids is 2. The quantitative estimate of drug-likeness (QED) is 0.366. The van der Waals surface area contributed by atoms with Crippen LogP contribution in [0.1, 0.15) is 34.8 Å². The number of rotatable bonds is 6. The second kappa shape index (κ2) is 10.6. The second-order valence-electron chi connectivity index (χ2n) is 9.81. The number of nitrogens with one attached hydrogen (secondary N) is 1. The fourth-order valence-electron chi connectivity index (χ4n) is 4.47. The molecule has 42 heavy (non-hydrogen) atoms. The van der Waals surface area contributed by atoms with Crippen LogP contribution in [0, 0.1) is 5.82 Å². The molecule has 0 aliphatic carbocycles. The number of anilines is 1. The highest BCUT2D eigenvalue weighted by atomic mass is 19.4. The molecule has 3 atom stereocenters. The van der Waals surface area contributed by atoms with Crippen LogP contribution in [-0.2, 0) is 17.6 Å². The Morgan fingerprint density at radius 3 is 2.40 bits per heavy atom. The molecule has 0 spiro atoms. The van der Waals surface area contributed by atoms with Gasteiger partial charge in [-0.15, -0.1) is 0 Å². The molecule has 1 fully saturated rings. The Morgan fingerprint density at radius 2 is 1.81 bits per heavy atom. The smallest absolute Gasteiger partial charge is 0.382 e. The Labute approximate surface area is 230 Å². The molecule has 0 radical (unpaired) electrons. The summed E-state index contributed by atoms with van der Waals surface area (Å²) in [6, 6.07) is 0.542. The predicted octanol–water partition coefficient (Wildman–Crippen LogP) is 3.59. The zero-order chi connectivity index (χ0) is 31.4. The molecule has 1 unspecified atom stereocenters. The van der Waals surface area contributed by atoms with Crippen LogP contribution in [-0.4, -0.2) is 73.5 Å². The van der Waals surface area contributed by atoms with Crippen LogP contribution in [0.25, 0.3) is 16.8 Å². The van der Waals surface area contributed by atoms with Gasteiger partial charge in [0.1, 0.15) is 30.5 Å². The zero-order valence-electron chi connectivity index (χ0n) is 21.3. The summed E-state index contributed by atoms with van der Waals surface area (Å²) in [5, 5.41) is 15.4. The number of aromatic nitrogens is 3. The average molecular weight is 612 g/mol. The van der Waals surface area contributed by atoms with Crippen molar-refractivity contribution in [2.45, 2.75) is 50.2 Å². The molecule has 2 amide bonds. The van der Waals surface area contributed by atoms with Gasteiger partial charge in [-0.2, -0.15) is 31.4 Å². The Bertz CT molecular complexity index is 1540. The minimum atomic E-state index is -5.16. The van der Waals surface area contributed by atoms with E-state index in [9.17, 15) is 54.2 Å². The molecule has 9 nitrogen and oxygen atoms in total. The standard InChI is InChI=1S/C24H21F9N6O3/c1-22(42,24(31,32)33)5-18(40)38-7-15(27)16(8-38)37-21(41)11-2-10(3-14(26)12(11)6-25)17-4-13(23(28,29)30)19-20(34)35-9-36-39(17)19/h2-4,9,15-16,42H,5-8H2,1H3,(H,37,41)(H2,34,35,36)/t15-,16+,22?/m0/s1. The van der Waals surface area contributed by atoms with Crippen molar-refractivity contribution in [3.63, 3.8) is 0 Å². The highest BCUT2D eigenvalue weighted by Gasteiger charge is 2.52. The molecule has 3 aromatic rings. The average Bonchev–Trinajstić information content (AvgIpc) is 3.44. The van der Waals surface area contributed by atoms with E-state index in [2.05, 4.69) is 15.4 Å². The van der Waals surface area contributed by atoms with E-state index in [1.807, 2.05) is 0 Å². The number of aliphatic hydroxyl groups is 1. The first kappa shape index (κ1) is 30.9. The predicted molar refractivity (Wildman–Crippen MR) is 127 cm³/mol. The number of nitrogens with two attached hydrogens (primary N) is 1. The molecule has 18 heteroatoms. The first-order valence-corrected chi connectivity index (χ1v) is 12.0. The summed E-state index contributed by atoms with van der Waals surface area (Å²) in [5.41, 5.74) is -2.06. The van der Waals surface area contributed by atoms with Crippen LogP contribution in [0.15, 0.2) is 24.5 Å². The lowest BCUT2D eigenvalue weighted by Gasteiger charge is -2.27. The van der Waals surface area contributed by atoms with Crippen molar-refractivity contribution >= 4 is 23.1 Å². The first-order valence-electron chi connectivity index (χ1n) is 12.0. The van der Waals surface area contributed by atoms with Crippen LogP contribution in [0.2, 0.25) is 0 Å². The van der Waals surface area contributed by atoms with E-state index in [1.165, 1.54) is 0 Å². The van der Waals surface area contributed by atoms with E-state index in [0.717, 1.165) is 12.4 Å². The second-order valence-corrected chi connectivity index (χ2v) is 9.81. The molecule has 4 rings (SSSR count). The Kier molecular flexibility index (Phi) is 7.81. The lowest BCUT2D eigenvalue weighted by atomic mass is 10.0. The largest absolute Gasteiger partial charge is 0.418 e. The Balaban J connectivity index is 1.65. The molecule has 1 saturated heterocycles. The van der Waals surface area contributed by atoms with Crippen LogP contribution < -0.4 is 11.1 Å². The van der Waals surface area contributed by atoms with Gasteiger partial charge in [0.15, 0.2) is 11.4 Å². The number of amides is 2. The number of carbonyl (C=O) groups is 2. The maximum atomic E-state index is 14.9. The summed E-state index contributed by atoms with van der Waals surface area (Å²) in [4.78, 5) is 29.5. The first-order chi connectivity index (χ1) is 19.4. The summed E-state index contributed by atoms with van der Waals surface area (Å²) < 4.78 is 124. The van der Waals surface area contributed by atoms with Crippen LogP contribution in [0.4, 0.5) is 45.3 Å². The van der Waals surface area contributed by atoms with Crippen LogP contribution in [0.5, 0.6) is 0 Å². The summed E-state index contributed by atoms with van der Waals surface area (Å²) in [6.45, 7) is -2.58. The number of fused-ring (bicyclic) bond motifs is 1. The minimum absolute atomic E-state index is 0.361. The summed E-state index contributed by atoms with van der Waals surface area (Å²) in [7, 11) is 0. The van der Waals surface area contributed by atoms with Gasteiger partial charge in [-0.25, -0.2) is 22.7 Å². The van der Waals surface area contributed by atoms with Crippen molar-refractivity contribution in [3.8, 4) is 11.3 Å². The molecular formula is C24H21F9N6O3. The Hall–Kier alpha value is -4.09. The molecule has 3 heterocycles. The van der Waals surface area contributed by atoms with E-state index < -0.39 is 108 Å². The molecular weight excluding hydrogens is 591 g/mol. The topological polar surface area (TPSA) is 126 Å². The fourth-order valence-corrected chi connectivity index (χ4v) is 4.47. The lowest BCUT2D eigenvalue weighted by molar-refractivity contribution is -0.254. The van der Waals surface area contributed by atoms with E-state index in [0.29, 0.717) is 28.5 Å². The number of nitrogen functional groups attached to an aromatic ring is 1. The number of nitrogens with zero attached hydrogens (tertiary/aromatic N) is 4. The van der Waals surface area contributed by atoms with Gasteiger partial charge in [-0.05, 0) is 25.1 Å². The van der Waals surface area contributed by atoms with E-state index >= 15 is 0 Å². The number of hydrogen-bond donors (Lipinski definition) is 3. The van der Waals surface area contributed by atoms with E-state index in [1.54, 1.807) is 0 Å². The van der Waals surface area contributed by atoms with E-state index in [-0.39, 0.29) is 5.56 Å². The number of likely N-dealkylation sites (tertiary alicyclic amines) is 1. The Morgan fingerprint density at radius 1 is 1.14 bits per heavy atom. The molecule has 0 bridgehead atoms. The maximum Gasteiger partial charge on any atom is 0.418 e. The lowest BCUT2D eigenvalue weighted by Crippen LogP contribution is -2.47. The number of halogens is 9. The van der Waals surface area contributed by atoms with Gasteiger partial charge in [0.2, 0.25) is 5.91 Å². The summed E-state index contributed by atoms with van der Waals surface area (Å²) >= 11 is 0.